The van der Waals surface area contributed by atoms with Gasteiger partial charge in [-0.05, 0) is 24.1 Å². The molecule has 21 heavy (non-hydrogen) atoms. The Bertz CT molecular complexity index is 804. The lowest BCUT2D eigenvalue weighted by atomic mass is 9.93. The molecule has 0 saturated carbocycles. The van der Waals surface area contributed by atoms with Crippen LogP contribution >= 0.6 is 0 Å². The minimum atomic E-state index is 0.335. The highest BCUT2D eigenvalue weighted by Gasteiger charge is 2.19. The van der Waals surface area contributed by atoms with Gasteiger partial charge in [0.05, 0.1) is 0 Å². The summed E-state index contributed by atoms with van der Waals surface area (Å²) in [5.74, 6) is 0. The van der Waals surface area contributed by atoms with Crippen LogP contribution in [0, 0.1) is 0 Å². The molecule has 1 unspecified atom stereocenters. The first-order valence-corrected chi connectivity index (χ1v) is 7.25. The molecule has 2 aromatic carbocycles. The van der Waals surface area contributed by atoms with Gasteiger partial charge in [0, 0.05) is 23.5 Å². The summed E-state index contributed by atoms with van der Waals surface area (Å²) < 4.78 is 5.46. The Morgan fingerprint density at radius 2 is 1.86 bits per heavy atom. The first-order valence-electron chi connectivity index (χ1n) is 7.25. The third kappa shape index (κ3) is 2.16. The summed E-state index contributed by atoms with van der Waals surface area (Å²) in [4.78, 5) is 0. The van der Waals surface area contributed by atoms with Crippen molar-refractivity contribution in [1.29, 1.82) is 0 Å². The molecule has 3 heteroatoms. The molecule has 4 rings (SSSR count). The highest BCUT2D eigenvalue weighted by Crippen LogP contribution is 2.34. The van der Waals surface area contributed by atoms with Gasteiger partial charge in [0.25, 0.3) is 0 Å². The Kier molecular flexibility index (Phi) is 3.05. The molecule has 3 nitrogen and oxygen atoms in total. The van der Waals surface area contributed by atoms with E-state index in [1.165, 1.54) is 5.56 Å². The summed E-state index contributed by atoms with van der Waals surface area (Å²) in [6.07, 6.45) is 5.41. The van der Waals surface area contributed by atoms with Crippen LogP contribution in [0.15, 0.2) is 65.2 Å². The molecule has 0 aliphatic carbocycles. The summed E-state index contributed by atoms with van der Waals surface area (Å²) in [5.41, 5.74) is 4.19. The molecule has 104 valence electrons. The second-order valence-corrected chi connectivity index (χ2v) is 5.28. The fourth-order valence-electron chi connectivity index (χ4n) is 2.94. The van der Waals surface area contributed by atoms with E-state index < -0.39 is 0 Å². The fourth-order valence-corrected chi connectivity index (χ4v) is 2.94. The number of benzene rings is 2. The van der Waals surface area contributed by atoms with Crippen LogP contribution in [0.25, 0.3) is 22.2 Å². The summed E-state index contributed by atoms with van der Waals surface area (Å²) >= 11 is 0. The van der Waals surface area contributed by atoms with Crippen molar-refractivity contribution in [2.24, 2.45) is 0 Å². The Labute approximate surface area is 123 Å². The van der Waals surface area contributed by atoms with E-state index in [1.807, 2.05) is 18.2 Å². The highest BCUT2D eigenvalue weighted by atomic mass is 16.5. The number of para-hydroxylation sites is 1. The summed E-state index contributed by atoms with van der Waals surface area (Å²) in [6.45, 7) is 0.915. The molecule has 1 aromatic heterocycles. The third-order valence-corrected chi connectivity index (χ3v) is 3.99. The zero-order valence-corrected chi connectivity index (χ0v) is 11.6. The molecule has 0 fully saturated rings. The average molecular weight is 276 g/mol. The molecule has 0 spiro atoms. The molecule has 1 aliphatic heterocycles. The maximum Gasteiger partial charge on any atom is 0.167 e. The van der Waals surface area contributed by atoms with E-state index in [0.29, 0.717) is 6.04 Å². The molecule has 0 amide bonds. The summed E-state index contributed by atoms with van der Waals surface area (Å²) in [6, 6.07) is 16.8. The standard InChI is InChI=1S/C18H16N2O/c1-2-8-14(13(7-1)16-10-5-6-12-19-16)18-15-9-3-4-11-17(15)21-20-18/h1-9,11,16,19H,10,12H2. The van der Waals surface area contributed by atoms with Gasteiger partial charge in [0.2, 0.25) is 0 Å². The average Bonchev–Trinajstić information content (AvgIpc) is 3.00. The second-order valence-electron chi connectivity index (χ2n) is 5.28. The second kappa shape index (κ2) is 5.19. The van der Waals surface area contributed by atoms with Crippen LogP contribution in [-0.4, -0.2) is 11.7 Å². The summed E-state index contributed by atoms with van der Waals surface area (Å²) in [5, 5.41) is 8.91. The quantitative estimate of drug-likeness (QED) is 0.716. The van der Waals surface area contributed by atoms with Gasteiger partial charge in [0.1, 0.15) is 5.69 Å². The van der Waals surface area contributed by atoms with Crippen molar-refractivity contribution in [1.82, 2.24) is 10.5 Å². The SMILES string of the molecule is C1=CCC(c2ccccc2-c2noc3ccccc23)NC1. The van der Waals surface area contributed by atoms with Gasteiger partial charge in [-0.15, -0.1) is 0 Å². The van der Waals surface area contributed by atoms with Gasteiger partial charge in [-0.25, -0.2) is 0 Å². The van der Waals surface area contributed by atoms with Crippen molar-refractivity contribution >= 4 is 11.0 Å². The zero-order chi connectivity index (χ0) is 14.1. The van der Waals surface area contributed by atoms with Crippen LogP contribution in [0.3, 0.4) is 0 Å². The molecule has 1 N–H and O–H groups in total. The molecular formula is C18H16N2O. The van der Waals surface area contributed by atoms with Gasteiger partial charge in [-0.2, -0.15) is 0 Å². The van der Waals surface area contributed by atoms with Gasteiger partial charge >= 0.3 is 0 Å². The molecule has 1 atom stereocenters. The van der Waals surface area contributed by atoms with Crippen LogP contribution in [0.5, 0.6) is 0 Å². The maximum absolute atomic E-state index is 5.46. The molecule has 0 saturated heterocycles. The predicted octanol–water partition coefficient (Wildman–Crippen LogP) is 4.09. The lowest BCUT2D eigenvalue weighted by molar-refractivity contribution is 0.459. The predicted molar refractivity (Wildman–Crippen MR) is 83.9 cm³/mol. The molecular weight excluding hydrogens is 260 g/mol. The van der Waals surface area contributed by atoms with Gasteiger partial charge in [-0.1, -0.05) is 53.7 Å². The lowest BCUT2D eigenvalue weighted by Crippen LogP contribution is -2.24. The van der Waals surface area contributed by atoms with Crippen LogP contribution in [0.2, 0.25) is 0 Å². The van der Waals surface area contributed by atoms with Crippen molar-refractivity contribution in [3.63, 3.8) is 0 Å². The molecule has 3 aromatic rings. The topological polar surface area (TPSA) is 38.1 Å². The normalized spacial score (nSPS) is 18.2. The van der Waals surface area contributed by atoms with Gasteiger partial charge in [0.15, 0.2) is 5.58 Å². The van der Waals surface area contributed by atoms with Crippen LogP contribution in [0.4, 0.5) is 0 Å². The molecule has 0 radical (unpaired) electrons. The largest absolute Gasteiger partial charge is 0.356 e. The van der Waals surface area contributed by atoms with Crippen LogP contribution < -0.4 is 5.32 Å². The zero-order valence-electron chi connectivity index (χ0n) is 11.6. The Morgan fingerprint density at radius 1 is 1.00 bits per heavy atom. The summed E-state index contributed by atoms with van der Waals surface area (Å²) in [7, 11) is 0. The number of rotatable bonds is 2. The van der Waals surface area contributed by atoms with Crippen LogP contribution in [0.1, 0.15) is 18.0 Å². The molecule has 0 bridgehead atoms. The van der Waals surface area contributed by atoms with Crippen LogP contribution in [-0.2, 0) is 0 Å². The van der Waals surface area contributed by atoms with E-state index in [9.17, 15) is 0 Å². The lowest BCUT2D eigenvalue weighted by Gasteiger charge is -2.22. The van der Waals surface area contributed by atoms with E-state index in [4.69, 9.17) is 4.52 Å². The van der Waals surface area contributed by atoms with Gasteiger partial charge < -0.3 is 9.84 Å². The number of nitrogens with zero attached hydrogens (tertiary/aromatic N) is 1. The Morgan fingerprint density at radius 3 is 2.76 bits per heavy atom. The Hall–Kier alpha value is -2.39. The number of fused-ring (bicyclic) bond motifs is 1. The van der Waals surface area contributed by atoms with Crippen molar-refractivity contribution in [2.45, 2.75) is 12.5 Å². The number of nitrogens with one attached hydrogen (secondary N) is 1. The van der Waals surface area contributed by atoms with E-state index >= 15 is 0 Å². The van der Waals surface area contributed by atoms with Crippen molar-refractivity contribution in [2.75, 3.05) is 6.54 Å². The van der Waals surface area contributed by atoms with E-state index in [2.05, 4.69) is 53.0 Å². The molecule has 2 heterocycles. The van der Waals surface area contributed by atoms with Gasteiger partial charge in [-0.3, -0.25) is 0 Å². The maximum atomic E-state index is 5.46. The minimum Gasteiger partial charge on any atom is -0.356 e. The van der Waals surface area contributed by atoms with Crippen molar-refractivity contribution in [3.05, 3.63) is 66.2 Å². The number of aromatic nitrogens is 1. The number of hydrogen-bond acceptors (Lipinski definition) is 3. The highest BCUT2D eigenvalue weighted by molar-refractivity contribution is 5.92. The van der Waals surface area contributed by atoms with Crippen molar-refractivity contribution < 1.29 is 4.52 Å². The van der Waals surface area contributed by atoms with Crippen molar-refractivity contribution in [3.8, 4) is 11.3 Å². The third-order valence-electron chi connectivity index (χ3n) is 3.99. The minimum absolute atomic E-state index is 0.335. The van der Waals surface area contributed by atoms with E-state index in [0.717, 1.165) is 35.2 Å². The molecule has 1 aliphatic rings. The van der Waals surface area contributed by atoms with E-state index in [-0.39, 0.29) is 0 Å². The first-order chi connectivity index (χ1) is 10.4. The smallest absolute Gasteiger partial charge is 0.167 e. The monoisotopic (exact) mass is 276 g/mol. The van der Waals surface area contributed by atoms with E-state index in [1.54, 1.807) is 0 Å². The number of hydrogen-bond donors (Lipinski definition) is 1. The first kappa shape index (κ1) is 12.4. The fraction of sp³-hybridized carbons (Fsp3) is 0.167. The Balaban J connectivity index is 1.87.